The summed E-state index contributed by atoms with van der Waals surface area (Å²) in [6.45, 7) is 2.83. The minimum absolute atomic E-state index is 0.734. The standard InChI is InChI=1S/C13H21N3O/c1-16(2)13-4-3-12(10-15-13)14-9-11-5-7-17-8-6-11/h3-4,10-11,14H,5-9H2,1-2H3. The second kappa shape index (κ2) is 5.87. The number of pyridine rings is 1. The predicted molar refractivity (Wildman–Crippen MR) is 70.6 cm³/mol. The largest absolute Gasteiger partial charge is 0.384 e. The Kier molecular flexibility index (Phi) is 4.20. The van der Waals surface area contributed by atoms with Gasteiger partial charge in [0.05, 0.1) is 11.9 Å². The predicted octanol–water partition coefficient (Wildman–Crippen LogP) is 1.99. The maximum absolute atomic E-state index is 5.35. The topological polar surface area (TPSA) is 37.4 Å². The first-order chi connectivity index (χ1) is 8.25. The summed E-state index contributed by atoms with van der Waals surface area (Å²) < 4.78 is 5.35. The number of hydrogen-bond acceptors (Lipinski definition) is 4. The molecule has 0 unspecified atom stereocenters. The van der Waals surface area contributed by atoms with Gasteiger partial charge in [0.1, 0.15) is 5.82 Å². The van der Waals surface area contributed by atoms with Crippen LogP contribution in [-0.2, 0) is 4.74 Å². The fraction of sp³-hybridized carbons (Fsp3) is 0.615. The van der Waals surface area contributed by atoms with Crippen molar-refractivity contribution in [3.8, 4) is 0 Å². The quantitative estimate of drug-likeness (QED) is 0.866. The average molecular weight is 235 g/mol. The van der Waals surface area contributed by atoms with Crippen molar-refractivity contribution in [3.05, 3.63) is 18.3 Å². The average Bonchev–Trinajstić information content (AvgIpc) is 2.38. The Labute approximate surface area is 103 Å². The van der Waals surface area contributed by atoms with Gasteiger partial charge in [-0.3, -0.25) is 0 Å². The minimum Gasteiger partial charge on any atom is -0.384 e. The van der Waals surface area contributed by atoms with E-state index in [4.69, 9.17) is 4.74 Å². The van der Waals surface area contributed by atoms with Crippen LogP contribution in [0.1, 0.15) is 12.8 Å². The first kappa shape index (κ1) is 12.2. The molecule has 0 saturated carbocycles. The Bertz CT molecular complexity index is 331. The SMILES string of the molecule is CN(C)c1ccc(NCC2CCOCC2)cn1. The van der Waals surface area contributed by atoms with Gasteiger partial charge in [-0.25, -0.2) is 4.98 Å². The van der Waals surface area contributed by atoms with E-state index in [1.807, 2.05) is 31.3 Å². The number of rotatable bonds is 4. The zero-order valence-electron chi connectivity index (χ0n) is 10.6. The molecule has 1 saturated heterocycles. The van der Waals surface area contributed by atoms with E-state index in [9.17, 15) is 0 Å². The van der Waals surface area contributed by atoms with Crippen molar-refractivity contribution in [2.75, 3.05) is 44.1 Å². The molecule has 4 nitrogen and oxygen atoms in total. The maximum Gasteiger partial charge on any atom is 0.128 e. The maximum atomic E-state index is 5.35. The van der Waals surface area contributed by atoms with Crippen LogP contribution in [0.2, 0.25) is 0 Å². The number of ether oxygens (including phenoxy) is 1. The van der Waals surface area contributed by atoms with Gasteiger partial charge in [-0.2, -0.15) is 0 Å². The van der Waals surface area contributed by atoms with E-state index < -0.39 is 0 Å². The monoisotopic (exact) mass is 235 g/mol. The molecule has 0 aliphatic carbocycles. The molecule has 94 valence electrons. The number of nitrogens with one attached hydrogen (secondary N) is 1. The zero-order chi connectivity index (χ0) is 12.1. The van der Waals surface area contributed by atoms with E-state index in [1.54, 1.807) is 0 Å². The third-order valence-corrected chi connectivity index (χ3v) is 3.14. The van der Waals surface area contributed by atoms with E-state index in [1.165, 1.54) is 0 Å². The highest BCUT2D eigenvalue weighted by Crippen LogP contribution is 2.17. The molecule has 1 aliphatic heterocycles. The van der Waals surface area contributed by atoms with E-state index in [2.05, 4.69) is 16.4 Å². The molecule has 1 fully saturated rings. The van der Waals surface area contributed by atoms with Crippen LogP contribution in [-0.4, -0.2) is 38.8 Å². The minimum atomic E-state index is 0.734. The molecule has 1 aromatic rings. The molecular weight excluding hydrogens is 214 g/mol. The summed E-state index contributed by atoms with van der Waals surface area (Å²) in [7, 11) is 3.99. The number of nitrogens with zero attached hydrogens (tertiary/aromatic N) is 2. The molecule has 2 heterocycles. The molecule has 1 aliphatic rings. The highest BCUT2D eigenvalue weighted by Gasteiger charge is 2.13. The molecule has 0 atom stereocenters. The summed E-state index contributed by atoms with van der Waals surface area (Å²) in [6, 6.07) is 4.12. The summed E-state index contributed by atoms with van der Waals surface area (Å²) in [5.74, 6) is 1.72. The summed E-state index contributed by atoms with van der Waals surface area (Å²) in [6.07, 6.45) is 4.22. The van der Waals surface area contributed by atoms with Crippen molar-refractivity contribution in [3.63, 3.8) is 0 Å². The summed E-state index contributed by atoms with van der Waals surface area (Å²) in [5, 5.41) is 3.44. The molecule has 0 spiro atoms. The van der Waals surface area contributed by atoms with Gasteiger partial charge >= 0.3 is 0 Å². The Hall–Kier alpha value is -1.29. The van der Waals surface area contributed by atoms with Crippen LogP contribution in [0.4, 0.5) is 11.5 Å². The molecule has 0 aromatic carbocycles. The van der Waals surface area contributed by atoms with Crippen LogP contribution in [0.15, 0.2) is 18.3 Å². The lowest BCUT2D eigenvalue weighted by atomic mass is 10.0. The van der Waals surface area contributed by atoms with Crippen LogP contribution in [0, 0.1) is 5.92 Å². The Morgan fingerprint density at radius 2 is 2.12 bits per heavy atom. The van der Waals surface area contributed by atoms with E-state index in [0.717, 1.165) is 50.0 Å². The van der Waals surface area contributed by atoms with Crippen LogP contribution in [0.5, 0.6) is 0 Å². The molecule has 1 N–H and O–H groups in total. The lowest BCUT2D eigenvalue weighted by molar-refractivity contribution is 0.0699. The highest BCUT2D eigenvalue weighted by atomic mass is 16.5. The number of anilines is 2. The molecule has 1 aromatic heterocycles. The van der Waals surface area contributed by atoms with Gasteiger partial charge in [0.15, 0.2) is 0 Å². The highest BCUT2D eigenvalue weighted by molar-refractivity contribution is 5.47. The second-order valence-corrected chi connectivity index (χ2v) is 4.74. The van der Waals surface area contributed by atoms with Crippen LogP contribution >= 0.6 is 0 Å². The van der Waals surface area contributed by atoms with Gasteiger partial charge < -0.3 is 15.0 Å². The Balaban J connectivity index is 1.82. The first-order valence-electron chi connectivity index (χ1n) is 6.20. The smallest absolute Gasteiger partial charge is 0.128 e. The summed E-state index contributed by atoms with van der Waals surface area (Å²) in [4.78, 5) is 6.38. The van der Waals surface area contributed by atoms with Crippen molar-refractivity contribution in [1.29, 1.82) is 0 Å². The normalized spacial score (nSPS) is 16.8. The van der Waals surface area contributed by atoms with Crippen LogP contribution < -0.4 is 10.2 Å². The van der Waals surface area contributed by atoms with Crippen molar-refractivity contribution in [2.45, 2.75) is 12.8 Å². The lowest BCUT2D eigenvalue weighted by Crippen LogP contribution is -2.22. The van der Waals surface area contributed by atoms with Gasteiger partial charge in [0.25, 0.3) is 0 Å². The van der Waals surface area contributed by atoms with E-state index in [-0.39, 0.29) is 0 Å². The second-order valence-electron chi connectivity index (χ2n) is 4.74. The molecule has 2 rings (SSSR count). The Morgan fingerprint density at radius 3 is 2.71 bits per heavy atom. The molecule has 0 radical (unpaired) electrons. The molecule has 0 amide bonds. The lowest BCUT2D eigenvalue weighted by Gasteiger charge is -2.22. The Morgan fingerprint density at radius 1 is 1.35 bits per heavy atom. The van der Waals surface area contributed by atoms with Crippen LogP contribution in [0.25, 0.3) is 0 Å². The molecule has 0 bridgehead atoms. The fourth-order valence-corrected chi connectivity index (χ4v) is 1.97. The van der Waals surface area contributed by atoms with Gasteiger partial charge in [0.2, 0.25) is 0 Å². The molecule has 4 heteroatoms. The third-order valence-electron chi connectivity index (χ3n) is 3.14. The fourth-order valence-electron chi connectivity index (χ4n) is 1.97. The van der Waals surface area contributed by atoms with Crippen molar-refractivity contribution in [2.24, 2.45) is 5.92 Å². The first-order valence-corrected chi connectivity index (χ1v) is 6.20. The third kappa shape index (κ3) is 3.60. The van der Waals surface area contributed by atoms with Crippen molar-refractivity contribution >= 4 is 11.5 Å². The van der Waals surface area contributed by atoms with Gasteiger partial charge in [-0.15, -0.1) is 0 Å². The molecular formula is C13H21N3O. The molecule has 17 heavy (non-hydrogen) atoms. The van der Waals surface area contributed by atoms with Crippen molar-refractivity contribution < 1.29 is 4.74 Å². The van der Waals surface area contributed by atoms with Crippen LogP contribution in [0.3, 0.4) is 0 Å². The van der Waals surface area contributed by atoms with Gasteiger partial charge in [0, 0.05) is 33.9 Å². The zero-order valence-corrected chi connectivity index (χ0v) is 10.6. The number of aromatic nitrogens is 1. The van der Waals surface area contributed by atoms with E-state index >= 15 is 0 Å². The summed E-state index contributed by atoms with van der Waals surface area (Å²) in [5.41, 5.74) is 1.10. The summed E-state index contributed by atoms with van der Waals surface area (Å²) >= 11 is 0. The number of hydrogen-bond donors (Lipinski definition) is 1. The van der Waals surface area contributed by atoms with Crippen molar-refractivity contribution in [1.82, 2.24) is 4.98 Å². The van der Waals surface area contributed by atoms with Gasteiger partial charge in [-0.05, 0) is 30.9 Å². The van der Waals surface area contributed by atoms with Gasteiger partial charge in [-0.1, -0.05) is 0 Å². The van der Waals surface area contributed by atoms with E-state index in [0.29, 0.717) is 0 Å².